The van der Waals surface area contributed by atoms with E-state index in [9.17, 15) is 9.59 Å². The van der Waals surface area contributed by atoms with Gasteiger partial charge in [0.1, 0.15) is 5.69 Å². The highest BCUT2D eigenvalue weighted by Crippen LogP contribution is 2.59. The second-order valence-electron chi connectivity index (χ2n) is 6.43. The molecule has 2 saturated carbocycles. The molecule has 6 heteroatoms. The van der Waals surface area contributed by atoms with Gasteiger partial charge in [-0.05, 0) is 38.3 Å². The first-order valence-electron chi connectivity index (χ1n) is 8.07. The van der Waals surface area contributed by atoms with Crippen molar-refractivity contribution >= 4 is 11.9 Å². The van der Waals surface area contributed by atoms with Crippen molar-refractivity contribution in [3.8, 4) is 0 Å². The Bertz CT molecular complexity index is 627. The van der Waals surface area contributed by atoms with Crippen LogP contribution < -0.4 is 0 Å². The van der Waals surface area contributed by atoms with Crippen LogP contribution in [0.4, 0.5) is 0 Å². The minimum absolute atomic E-state index is 0.100. The molecule has 1 aromatic heterocycles. The lowest BCUT2D eigenvalue weighted by Gasteiger charge is -2.63. The molecule has 2 fully saturated rings. The molecule has 1 spiro atoms. The number of aromatic carboxylic acids is 1. The van der Waals surface area contributed by atoms with E-state index in [1.807, 2.05) is 6.92 Å². The highest BCUT2D eigenvalue weighted by atomic mass is 16.5. The average molecular weight is 318 g/mol. The molecule has 2 aliphatic rings. The fourth-order valence-corrected chi connectivity index (χ4v) is 3.97. The average Bonchev–Trinajstić information content (AvgIpc) is 2.48. The number of pyridine rings is 1. The molecule has 1 heterocycles. The number of ether oxygens (including phenoxy) is 1. The largest absolute Gasteiger partial charge is 0.477 e. The van der Waals surface area contributed by atoms with Gasteiger partial charge >= 0.3 is 5.97 Å². The summed E-state index contributed by atoms with van der Waals surface area (Å²) in [6.07, 6.45) is 5.84. The molecule has 1 aromatic rings. The molecule has 2 unspecified atom stereocenters. The molecule has 3 rings (SSSR count). The first-order valence-corrected chi connectivity index (χ1v) is 8.07. The van der Waals surface area contributed by atoms with Crippen molar-refractivity contribution in [1.29, 1.82) is 0 Å². The van der Waals surface area contributed by atoms with E-state index in [0.717, 1.165) is 19.3 Å². The molecule has 0 aromatic carbocycles. The van der Waals surface area contributed by atoms with Crippen LogP contribution in [0.3, 0.4) is 0 Å². The number of carbonyl (C=O) groups excluding carboxylic acids is 1. The minimum Gasteiger partial charge on any atom is -0.477 e. The summed E-state index contributed by atoms with van der Waals surface area (Å²) in [6, 6.07) is 3.08. The number of rotatable bonds is 5. The molecule has 0 aliphatic heterocycles. The van der Waals surface area contributed by atoms with Crippen molar-refractivity contribution in [1.82, 2.24) is 9.88 Å². The van der Waals surface area contributed by atoms with Gasteiger partial charge in [0.15, 0.2) is 0 Å². The monoisotopic (exact) mass is 318 g/mol. The Balaban J connectivity index is 1.76. The number of nitrogens with zero attached hydrogens (tertiary/aromatic N) is 2. The third kappa shape index (κ3) is 2.51. The van der Waals surface area contributed by atoms with E-state index >= 15 is 0 Å². The zero-order valence-corrected chi connectivity index (χ0v) is 13.5. The quantitative estimate of drug-likeness (QED) is 0.900. The topological polar surface area (TPSA) is 79.7 Å². The van der Waals surface area contributed by atoms with E-state index in [1.165, 1.54) is 18.7 Å². The standard InChI is InChI=1S/C17H22N2O4/c1-3-23-14-10-13(17(14)6-4-7-17)19(2)15(20)11-5-8-18-12(9-11)16(21)22/h5,8-9,13-14H,3-4,6-7,10H2,1-2H3,(H,21,22). The third-order valence-electron chi connectivity index (χ3n) is 5.41. The zero-order chi connectivity index (χ0) is 16.6. The number of hydrogen-bond acceptors (Lipinski definition) is 4. The van der Waals surface area contributed by atoms with Crippen LogP contribution in [0.25, 0.3) is 0 Å². The van der Waals surface area contributed by atoms with Crippen LogP contribution in [0.15, 0.2) is 18.3 Å². The molecular weight excluding hydrogens is 296 g/mol. The maximum absolute atomic E-state index is 12.7. The molecule has 1 N–H and O–H groups in total. The first kappa shape index (κ1) is 15.9. The Morgan fingerprint density at radius 3 is 2.78 bits per heavy atom. The maximum atomic E-state index is 12.7. The van der Waals surface area contributed by atoms with Gasteiger partial charge in [0.05, 0.1) is 6.10 Å². The van der Waals surface area contributed by atoms with Crippen molar-refractivity contribution in [2.75, 3.05) is 13.7 Å². The number of hydrogen-bond donors (Lipinski definition) is 1. The van der Waals surface area contributed by atoms with Gasteiger partial charge in [-0.3, -0.25) is 4.79 Å². The van der Waals surface area contributed by atoms with E-state index in [-0.39, 0.29) is 29.2 Å². The van der Waals surface area contributed by atoms with Crippen LogP contribution >= 0.6 is 0 Å². The van der Waals surface area contributed by atoms with Crippen molar-refractivity contribution in [3.05, 3.63) is 29.6 Å². The molecular formula is C17H22N2O4. The Kier molecular flexibility index (Phi) is 4.10. The van der Waals surface area contributed by atoms with Gasteiger partial charge in [0.25, 0.3) is 5.91 Å². The normalized spacial score (nSPS) is 24.6. The second kappa shape index (κ2) is 5.92. The van der Waals surface area contributed by atoms with E-state index < -0.39 is 5.97 Å². The Morgan fingerprint density at radius 1 is 1.48 bits per heavy atom. The van der Waals surface area contributed by atoms with Gasteiger partial charge in [-0.1, -0.05) is 6.42 Å². The first-order chi connectivity index (χ1) is 11.0. The van der Waals surface area contributed by atoms with E-state index in [4.69, 9.17) is 9.84 Å². The maximum Gasteiger partial charge on any atom is 0.354 e. The minimum atomic E-state index is -1.13. The lowest BCUT2D eigenvalue weighted by molar-refractivity contribution is -0.192. The second-order valence-corrected chi connectivity index (χ2v) is 6.43. The van der Waals surface area contributed by atoms with Crippen LogP contribution in [-0.2, 0) is 4.74 Å². The summed E-state index contributed by atoms with van der Waals surface area (Å²) in [7, 11) is 1.80. The van der Waals surface area contributed by atoms with E-state index in [0.29, 0.717) is 12.2 Å². The predicted molar refractivity (Wildman–Crippen MR) is 83.4 cm³/mol. The van der Waals surface area contributed by atoms with Crippen LogP contribution in [0, 0.1) is 5.41 Å². The lowest BCUT2D eigenvalue weighted by Crippen LogP contribution is -2.67. The SMILES string of the molecule is CCOC1CC(N(C)C(=O)c2ccnc(C(=O)O)c2)C12CCC2. The number of carboxylic acid groups (broad SMARTS) is 1. The van der Waals surface area contributed by atoms with Crippen molar-refractivity contribution in [2.45, 2.75) is 44.8 Å². The summed E-state index contributed by atoms with van der Waals surface area (Å²) in [5.74, 6) is -1.28. The zero-order valence-electron chi connectivity index (χ0n) is 13.5. The molecule has 2 aliphatic carbocycles. The van der Waals surface area contributed by atoms with Crippen LogP contribution in [0.2, 0.25) is 0 Å². The van der Waals surface area contributed by atoms with Gasteiger partial charge in [0, 0.05) is 36.9 Å². The molecule has 23 heavy (non-hydrogen) atoms. The summed E-state index contributed by atoms with van der Waals surface area (Å²) >= 11 is 0. The fraction of sp³-hybridized carbons (Fsp3) is 0.588. The highest BCUT2D eigenvalue weighted by Gasteiger charge is 2.60. The van der Waals surface area contributed by atoms with Crippen molar-refractivity contribution < 1.29 is 19.4 Å². The number of carboxylic acids is 1. The van der Waals surface area contributed by atoms with Crippen LogP contribution in [0.1, 0.15) is 53.5 Å². The summed E-state index contributed by atoms with van der Waals surface area (Å²) in [4.78, 5) is 29.2. The number of amides is 1. The third-order valence-corrected chi connectivity index (χ3v) is 5.41. The molecule has 2 atom stereocenters. The summed E-state index contributed by atoms with van der Waals surface area (Å²) < 4.78 is 5.83. The van der Waals surface area contributed by atoms with Crippen molar-refractivity contribution in [3.63, 3.8) is 0 Å². The van der Waals surface area contributed by atoms with Crippen LogP contribution in [0.5, 0.6) is 0 Å². The number of aromatic nitrogens is 1. The Labute approximate surface area is 135 Å². The summed E-state index contributed by atoms with van der Waals surface area (Å²) in [5.41, 5.74) is 0.362. The lowest BCUT2D eigenvalue weighted by atomic mass is 9.50. The Hall–Kier alpha value is -1.95. The van der Waals surface area contributed by atoms with Crippen LogP contribution in [-0.4, -0.2) is 52.7 Å². The molecule has 6 nitrogen and oxygen atoms in total. The van der Waals surface area contributed by atoms with Gasteiger partial charge < -0.3 is 14.7 Å². The smallest absolute Gasteiger partial charge is 0.354 e. The van der Waals surface area contributed by atoms with E-state index in [1.54, 1.807) is 18.0 Å². The molecule has 124 valence electrons. The summed E-state index contributed by atoms with van der Waals surface area (Å²) in [5, 5.41) is 9.02. The number of carbonyl (C=O) groups is 2. The van der Waals surface area contributed by atoms with Gasteiger partial charge in [-0.2, -0.15) is 0 Å². The fourth-order valence-electron chi connectivity index (χ4n) is 3.97. The Morgan fingerprint density at radius 2 is 2.22 bits per heavy atom. The predicted octanol–water partition coefficient (Wildman–Crippen LogP) is 2.20. The van der Waals surface area contributed by atoms with E-state index in [2.05, 4.69) is 4.98 Å². The molecule has 0 saturated heterocycles. The molecule has 0 bridgehead atoms. The highest BCUT2D eigenvalue weighted by molar-refractivity contribution is 5.96. The summed E-state index contributed by atoms with van der Waals surface area (Å²) in [6.45, 7) is 2.70. The molecule has 1 amide bonds. The van der Waals surface area contributed by atoms with Crippen molar-refractivity contribution in [2.24, 2.45) is 5.41 Å². The van der Waals surface area contributed by atoms with Gasteiger partial charge in [0.2, 0.25) is 0 Å². The van der Waals surface area contributed by atoms with Gasteiger partial charge in [-0.15, -0.1) is 0 Å². The van der Waals surface area contributed by atoms with Gasteiger partial charge in [-0.25, -0.2) is 9.78 Å². The molecule has 0 radical (unpaired) electrons.